The number of hydrogen-bond acceptors (Lipinski definition) is 4. The molecule has 7 aromatic rings. The van der Waals surface area contributed by atoms with Crippen LogP contribution in [0.2, 0.25) is 0 Å². The Morgan fingerprint density at radius 3 is 1.81 bits per heavy atom. The molecule has 3 nitrogen and oxygen atoms in total. The van der Waals surface area contributed by atoms with Gasteiger partial charge in [0.15, 0.2) is 0 Å². The van der Waals surface area contributed by atoms with E-state index in [1.54, 1.807) is 11.9 Å². The van der Waals surface area contributed by atoms with Gasteiger partial charge < -0.3 is 0 Å². The SMILES string of the molecule is C=C1N=C2C=CC(c3cccc(-c4ccc5c(c4)C(c4ccccc4)(c4ccccc4)c4cc(-c6ccncc6)ccc4-5)c3)=CN2Sc2ccccc21. The van der Waals surface area contributed by atoms with E-state index in [4.69, 9.17) is 4.99 Å². The number of hydrogen-bond donors (Lipinski definition) is 0. The van der Waals surface area contributed by atoms with Crippen LogP contribution in [-0.2, 0) is 5.41 Å². The van der Waals surface area contributed by atoms with E-state index in [2.05, 4.69) is 186 Å². The Labute approximate surface area is 314 Å². The van der Waals surface area contributed by atoms with Gasteiger partial charge in [-0.2, -0.15) is 0 Å². The minimum Gasteiger partial charge on any atom is -0.271 e. The van der Waals surface area contributed by atoms with E-state index < -0.39 is 5.41 Å². The second kappa shape index (κ2) is 12.6. The van der Waals surface area contributed by atoms with Gasteiger partial charge >= 0.3 is 0 Å². The summed E-state index contributed by atoms with van der Waals surface area (Å²) in [6.07, 6.45) is 10.2. The van der Waals surface area contributed by atoms with Crippen molar-refractivity contribution in [2.24, 2.45) is 4.99 Å². The fraction of sp³-hybridized carbons (Fsp3) is 0.0204. The zero-order chi connectivity index (χ0) is 35.4. The third-order valence-electron chi connectivity index (χ3n) is 10.6. The molecule has 3 aliphatic rings. The number of rotatable bonds is 5. The van der Waals surface area contributed by atoms with Crippen molar-refractivity contribution in [3.63, 3.8) is 0 Å². The summed E-state index contributed by atoms with van der Waals surface area (Å²) in [5, 5.41) is 0. The molecule has 53 heavy (non-hydrogen) atoms. The second-order valence-corrected chi connectivity index (χ2v) is 14.6. The van der Waals surface area contributed by atoms with Gasteiger partial charge in [-0.15, -0.1) is 0 Å². The molecule has 2 aliphatic heterocycles. The van der Waals surface area contributed by atoms with Crippen molar-refractivity contribution < 1.29 is 0 Å². The lowest BCUT2D eigenvalue weighted by Crippen LogP contribution is -2.28. The third-order valence-corrected chi connectivity index (χ3v) is 11.7. The van der Waals surface area contributed by atoms with Gasteiger partial charge in [-0.25, -0.2) is 4.99 Å². The van der Waals surface area contributed by atoms with Crippen LogP contribution < -0.4 is 0 Å². The molecular weight excluding hydrogens is 663 g/mol. The van der Waals surface area contributed by atoms with Crippen molar-refractivity contribution in [2.45, 2.75) is 10.3 Å². The molecule has 3 heterocycles. The zero-order valence-corrected chi connectivity index (χ0v) is 29.7. The fourth-order valence-electron chi connectivity index (χ4n) is 8.16. The lowest BCUT2D eigenvalue weighted by molar-refractivity contribution is 0.769. The van der Waals surface area contributed by atoms with Crippen molar-refractivity contribution in [1.29, 1.82) is 0 Å². The van der Waals surface area contributed by atoms with E-state index in [9.17, 15) is 0 Å². The highest BCUT2D eigenvalue weighted by Crippen LogP contribution is 2.57. The molecule has 0 bridgehead atoms. The molecule has 250 valence electrons. The number of fused-ring (bicyclic) bond motifs is 5. The van der Waals surface area contributed by atoms with E-state index in [0.29, 0.717) is 0 Å². The Balaban J connectivity index is 1.12. The number of aliphatic imine (C=N–C) groups is 1. The average molecular weight is 696 g/mol. The molecule has 4 heteroatoms. The van der Waals surface area contributed by atoms with Crippen LogP contribution in [-0.4, -0.2) is 15.1 Å². The van der Waals surface area contributed by atoms with E-state index in [0.717, 1.165) is 38.7 Å². The first-order chi connectivity index (χ1) is 26.2. The summed E-state index contributed by atoms with van der Waals surface area (Å²) < 4.78 is 2.15. The first-order valence-electron chi connectivity index (χ1n) is 17.8. The molecule has 0 N–H and O–H groups in total. The molecule has 0 atom stereocenters. The first-order valence-corrected chi connectivity index (χ1v) is 18.6. The molecule has 0 fully saturated rings. The number of benzene rings is 6. The monoisotopic (exact) mass is 695 g/mol. The molecular formula is C49H33N3S. The number of nitrogens with zero attached hydrogens (tertiary/aromatic N) is 3. The quantitative estimate of drug-likeness (QED) is 0.168. The third kappa shape index (κ3) is 5.14. The molecule has 0 radical (unpaired) electrons. The number of amidine groups is 1. The second-order valence-electron chi connectivity index (χ2n) is 13.6. The van der Waals surface area contributed by atoms with E-state index in [-0.39, 0.29) is 0 Å². The van der Waals surface area contributed by atoms with Gasteiger partial charge in [0, 0.05) is 29.1 Å². The van der Waals surface area contributed by atoms with Crippen molar-refractivity contribution >= 4 is 29.1 Å². The molecule has 6 aromatic carbocycles. The number of aromatic nitrogens is 1. The Morgan fingerprint density at radius 2 is 1.11 bits per heavy atom. The molecule has 10 rings (SSSR count). The highest BCUT2D eigenvalue weighted by atomic mass is 32.2. The Bertz CT molecular complexity index is 2620. The molecule has 0 spiro atoms. The topological polar surface area (TPSA) is 28.5 Å². The highest BCUT2D eigenvalue weighted by molar-refractivity contribution is 7.97. The van der Waals surface area contributed by atoms with Crippen LogP contribution in [0.4, 0.5) is 0 Å². The normalized spacial score (nSPS) is 15.0. The summed E-state index contributed by atoms with van der Waals surface area (Å²) in [6, 6.07) is 57.4. The van der Waals surface area contributed by atoms with Crippen LogP contribution in [0.25, 0.3) is 44.7 Å². The molecule has 0 saturated heterocycles. The Hall–Kier alpha value is -6.49. The smallest absolute Gasteiger partial charge is 0.143 e. The summed E-state index contributed by atoms with van der Waals surface area (Å²) in [7, 11) is 0. The van der Waals surface area contributed by atoms with Crippen LogP contribution in [0.3, 0.4) is 0 Å². The van der Waals surface area contributed by atoms with Gasteiger partial charge in [-0.05, 0) is 127 Å². The van der Waals surface area contributed by atoms with Crippen LogP contribution in [0.15, 0.2) is 205 Å². The average Bonchev–Trinajstić information content (AvgIpc) is 3.43. The van der Waals surface area contributed by atoms with Crippen LogP contribution in [0, 0.1) is 0 Å². The molecule has 1 aliphatic carbocycles. The van der Waals surface area contributed by atoms with Crippen LogP contribution >= 0.6 is 11.9 Å². The van der Waals surface area contributed by atoms with Gasteiger partial charge in [0.25, 0.3) is 0 Å². The fourth-order valence-corrected chi connectivity index (χ4v) is 9.16. The van der Waals surface area contributed by atoms with Gasteiger partial charge in [0.2, 0.25) is 0 Å². The highest BCUT2D eigenvalue weighted by Gasteiger charge is 2.46. The van der Waals surface area contributed by atoms with Crippen LogP contribution in [0.1, 0.15) is 33.4 Å². The standard InChI is InChI=1S/C49H33N3S/c1-33-42-17-8-9-18-47(42)53-52-32-39(21-24-48(52)51-33)36-12-10-11-35(29-36)38-20-23-44-43-22-19-37(34-25-27-50-28-26-34)30-45(43)49(46(44)31-38,40-13-4-2-5-14-40)41-15-6-3-7-16-41/h2-32H,1H2. The lowest BCUT2D eigenvalue weighted by Gasteiger charge is -2.34. The predicted molar refractivity (Wildman–Crippen MR) is 220 cm³/mol. The van der Waals surface area contributed by atoms with E-state index in [1.165, 1.54) is 50.1 Å². The maximum absolute atomic E-state index is 4.86. The molecule has 0 saturated carbocycles. The Kier molecular flexibility index (Phi) is 7.45. The van der Waals surface area contributed by atoms with E-state index in [1.807, 2.05) is 18.5 Å². The number of pyridine rings is 1. The predicted octanol–water partition coefficient (Wildman–Crippen LogP) is 12.1. The first kappa shape index (κ1) is 31.3. The van der Waals surface area contributed by atoms with Gasteiger partial charge in [-0.1, -0.05) is 128 Å². The lowest BCUT2D eigenvalue weighted by atomic mass is 9.67. The number of allylic oxidation sites excluding steroid dienone is 2. The van der Waals surface area contributed by atoms with Crippen molar-refractivity contribution in [3.8, 4) is 33.4 Å². The summed E-state index contributed by atoms with van der Waals surface area (Å²) in [6.45, 7) is 4.25. The maximum atomic E-state index is 4.86. The molecule has 0 amide bonds. The molecule has 1 aromatic heterocycles. The van der Waals surface area contributed by atoms with Crippen molar-refractivity contribution in [2.75, 3.05) is 0 Å². The summed E-state index contributed by atoms with van der Waals surface area (Å²) in [4.78, 5) is 10.3. The summed E-state index contributed by atoms with van der Waals surface area (Å²) in [5.41, 5.74) is 15.9. The zero-order valence-electron chi connectivity index (χ0n) is 28.9. The largest absolute Gasteiger partial charge is 0.271 e. The van der Waals surface area contributed by atoms with Crippen molar-refractivity contribution in [3.05, 3.63) is 228 Å². The van der Waals surface area contributed by atoms with Gasteiger partial charge in [0.1, 0.15) is 5.84 Å². The van der Waals surface area contributed by atoms with Crippen LogP contribution in [0.5, 0.6) is 0 Å². The Morgan fingerprint density at radius 1 is 0.509 bits per heavy atom. The summed E-state index contributed by atoms with van der Waals surface area (Å²) >= 11 is 1.68. The summed E-state index contributed by atoms with van der Waals surface area (Å²) in [5.74, 6) is 0.875. The maximum Gasteiger partial charge on any atom is 0.143 e. The van der Waals surface area contributed by atoms with Gasteiger partial charge in [-0.3, -0.25) is 9.29 Å². The molecule has 0 unspecified atom stereocenters. The van der Waals surface area contributed by atoms with Crippen molar-refractivity contribution in [1.82, 2.24) is 9.29 Å². The van der Waals surface area contributed by atoms with Gasteiger partial charge in [0.05, 0.1) is 11.1 Å². The van der Waals surface area contributed by atoms with E-state index >= 15 is 0 Å². The minimum absolute atomic E-state index is 0.515. The minimum atomic E-state index is -0.515.